The number of aliphatic imine (C=N–C) groups is 2. The van der Waals surface area contributed by atoms with Crippen LogP contribution in [-0.2, 0) is 5.41 Å². The molecule has 4 nitrogen and oxygen atoms in total. The van der Waals surface area contributed by atoms with Crippen molar-refractivity contribution >= 4 is 61.0 Å². The zero-order valence-electron chi connectivity index (χ0n) is 31.4. The highest BCUT2D eigenvalue weighted by atomic mass is 16.3. The molecule has 7 aromatic carbocycles. The number of allylic oxidation sites excluding steroid dienone is 3. The van der Waals surface area contributed by atoms with Gasteiger partial charge in [0.05, 0.1) is 22.4 Å². The Kier molecular flexibility index (Phi) is 7.08. The highest BCUT2D eigenvalue weighted by Crippen LogP contribution is 2.56. The Balaban J connectivity index is 1.07. The molecule has 4 heteroatoms. The molecule has 56 heavy (non-hydrogen) atoms. The zero-order valence-corrected chi connectivity index (χ0v) is 31.4. The van der Waals surface area contributed by atoms with Gasteiger partial charge in [-0.25, -0.2) is 9.98 Å². The van der Waals surface area contributed by atoms with Crippen LogP contribution in [0.1, 0.15) is 48.6 Å². The van der Waals surface area contributed by atoms with Crippen LogP contribution in [0.2, 0.25) is 0 Å². The number of amidine groups is 1. The molecule has 266 valence electrons. The van der Waals surface area contributed by atoms with Gasteiger partial charge in [-0.3, -0.25) is 0 Å². The van der Waals surface area contributed by atoms with E-state index in [1.165, 1.54) is 49.4 Å². The number of hydrogen-bond donors (Lipinski definition) is 0. The third kappa shape index (κ3) is 4.79. The number of rotatable bonds is 4. The van der Waals surface area contributed by atoms with Crippen molar-refractivity contribution in [1.82, 2.24) is 4.57 Å². The topological polar surface area (TPSA) is 42.8 Å². The van der Waals surface area contributed by atoms with Crippen molar-refractivity contribution in [1.29, 1.82) is 0 Å². The van der Waals surface area contributed by atoms with Crippen molar-refractivity contribution in [2.24, 2.45) is 9.98 Å². The molecular weight excluding hydrogens is 683 g/mol. The molecule has 3 heterocycles. The summed E-state index contributed by atoms with van der Waals surface area (Å²) < 4.78 is 9.06. The first-order chi connectivity index (χ1) is 27.5. The van der Waals surface area contributed by atoms with Crippen LogP contribution in [-0.4, -0.2) is 16.1 Å². The quantitative estimate of drug-likeness (QED) is 0.179. The molecule has 9 aromatic rings. The molecule has 2 aliphatic rings. The second kappa shape index (κ2) is 12.2. The van der Waals surface area contributed by atoms with E-state index >= 15 is 0 Å². The van der Waals surface area contributed by atoms with Gasteiger partial charge < -0.3 is 8.98 Å². The summed E-state index contributed by atoms with van der Waals surface area (Å²) in [5.74, 6) is 0.675. The SMILES string of the molecule is CC1=CC=C(c2ccccc2)N=C(c2ccc(-n3c4ccccc4c4c5c(ccc43)-c3ccc4c(oc6ccccc64)c3C5(C)C)cc2)N=C1c1ccccc1. The highest BCUT2D eigenvalue weighted by molar-refractivity contribution is 6.21. The predicted molar refractivity (Wildman–Crippen MR) is 233 cm³/mol. The molecule has 0 bridgehead atoms. The fourth-order valence-corrected chi connectivity index (χ4v) is 9.17. The molecule has 11 rings (SSSR count). The van der Waals surface area contributed by atoms with E-state index in [1.54, 1.807) is 0 Å². The van der Waals surface area contributed by atoms with E-state index in [0.29, 0.717) is 5.84 Å². The lowest BCUT2D eigenvalue weighted by Gasteiger charge is -2.23. The first-order valence-corrected chi connectivity index (χ1v) is 19.3. The Bertz CT molecular complexity index is 3190. The van der Waals surface area contributed by atoms with Gasteiger partial charge in [0.25, 0.3) is 0 Å². The highest BCUT2D eigenvalue weighted by Gasteiger charge is 2.41. The van der Waals surface area contributed by atoms with Crippen LogP contribution >= 0.6 is 0 Å². The van der Waals surface area contributed by atoms with Gasteiger partial charge in [0.2, 0.25) is 0 Å². The average molecular weight is 720 g/mol. The Morgan fingerprint density at radius 3 is 1.96 bits per heavy atom. The third-order valence-corrected chi connectivity index (χ3v) is 11.7. The predicted octanol–water partition coefficient (Wildman–Crippen LogP) is 13.2. The minimum atomic E-state index is -0.294. The lowest BCUT2D eigenvalue weighted by molar-refractivity contribution is 0.622. The van der Waals surface area contributed by atoms with E-state index in [4.69, 9.17) is 14.4 Å². The van der Waals surface area contributed by atoms with E-state index < -0.39 is 0 Å². The summed E-state index contributed by atoms with van der Waals surface area (Å²) in [5, 5.41) is 4.86. The van der Waals surface area contributed by atoms with Crippen molar-refractivity contribution < 1.29 is 4.42 Å². The number of aromatic nitrogens is 1. The summed E-state index contributed by atoms with van der Waals surface area (Å²) in [5.41, 5.74) is 16.1. The van der Waals surface area contributed by atoms with Crippen LogP contribution in [0.25, 0.3) is 66.3 Å². The number of hydrogen-bond acceptors (Lipinski definition) is 3. The van der Waals surface area contributed by atoms with Gasteiger partial charge >= 0.3 is 0 Å². The van der Waals surface area contributed by atoms with E-state index in [0.717, 1.165) is 55.9 Å². The number of furan rings is 1. The maximum absolute atomic E-state index is 6.65. The molecule has 1 aliphatic heterocycles. The maximum Gasteiger partial charge on any atom is 0.160 e. The monoisotopic (exact) mass is 719 g/mol. The van der Waals surface area contributed by atoms with E-state index in [1.807, 2.05) is 18.2 Å². The zero-order chi connectivity index (χ0) is 37.5. The van der Waals surface area contributed by atoms with Crippen LogP contribution in [0.15, 0.2) is 190 Å². The fourth-order valence-electron chi connectivity index (χ4n) is 9.17. The molecule has 0 amide bonds. The van der Waals surface area contributed by atoms with Crippen molar-refractivity contribution in [3.63, 3.8) is 0 Å². The molecule has 0 saturated carbocycles. The summed E-state index contributed by atoms with van der Waals surface area (Å²) in [6.07, 6.45) is 4.22. The van der Waals surface area contributed by atoms with E-state index in [2.05, 4.69) is 177 Å². The van der Waals surface area contributed by atoms with Gasteiger partial charge in [-0.2, -0.15) is 0 Å². The Morgan fingerprint density at radius 2 is 1.18 bits per heavy atom. The molecule has 0 unspecified atom stereocenters. The Labute approximate surface area is 325 Å². The summed E-state index contributed by atoms with van der Waals surface area (Å²) in [4.78, 5) is 10.5. The van der Waals surface area contributed by atoms with E-state index in [-0.39, 0.29) is 5.41 Å². The third-order valence-electron chi connectivity index (χ3n) is 11.7. The second-order valence-electron chi connectivity index (χ2n) is 15.4. The Hall–Kier alpha value is -7.04. The molecule has 0 atom stereocenters. The first-order valence-electron chi connectivity index (χ1n) is 19.3. The van der Waals surface area contributed by atoms with Crippen LogP contribution < -0.4 is 0 Å². The van der Waals surface area contributed by atoms with Crippen molar-refractivity contribution in [3.8, 4) is 16.8 Å². The number of fused-ring (bicyclic) bond motifs is 11. The maximum atomic E-state index is 6.65. The largest absolute Gasteiger partial charge is 0.456 e. The van der Waals surface area contributed by atoms with Crippen LogP contribution in [0.5, 0.6) is 0 Å². The van der Waals surface area contributed by atoms with Gasteiger partial charge in [-0.15, -0.1) is 0 Å². The smallest absolute Gasteiger partial charge is 0.160 e. The molecular formula is C52H37N3O. The lowest BCUT2D eigenvalue weighted by atomic mass is 9.80. The molecule has 0 radical (unpaired) electrons. The molecule has 0 N–H and O–H groups in total. The normalized spacial score (nSPS) is 14.9. The van der Waals surface area contributed by atoms with Gasteiger partial charge in [0.1, 0.15) is 11.2 Å². The summed E-state index contributed by atoms with van der Waals surface area (Å²) in [6, 6.07) is 55.8. The van der Waals surface area contributed by atoms with Crippen LogP contribution in [0, 0.1) is 0 Å². The number of nitrogens with zero attached hydrogens (tertiary/aromatic N) is 3. The molecule has 2 aromatic heterocycles. The van der Waals surface area contributed by atoms with Crippen molar-refractivity contribution in [3.05, 3.63) is 203 Å². The first kappa shape index (κ1) is 32.4. The Morgan fingerprint density at radius 1 is 0.518 bits per heavy atom. The number of benzene rings is 7. The van der Waals surface area contributed by atoms with Crippen LogP contribution in [0.3, 0.4) is 0 Å². The number of para-hydroxylation sites is 2. The lowest BCUT2D eigenvalue weighted by Crippen LogP contribution is -2.15. The van der Waals surface area contributed by atoms with Gasteiger partial charge in [0.15, 0.2) is 5.84 Å². The fraction of sp³-hybridized carbons (Fsp3) is 0.0769. The molecule has 0 fully saturated rings. The summed E-state index contributed by atoms with van der Waals surface area (Å²) in [7, 11) is 0. The van der Waals surface area contributed by atoms with E-state index in [9.17, 15) is 0 Å². The second-order valence-corrected chi connectivity index (χ2v) is 15.4. The standard InChI is InChI=1S/C52H37N3O/c1-32-22-30-42(33-14-6-4-7-15-33)53-51(54-49(32)34-16-8-5-9-17-34)35-23-25-36(26-24-35)55-43-20-12-10-19-41(43)46-44(55)31-29-38-39-27-28-40-37-18-11-13-21-45(37)56-50(40)48(39)52(2,3)47(38)46/h4-31H,1-3H3. The minimum Gasteiger partial charge on any atom is -0.456 e. The van der Waals surface area contributed by atoms with Crippen LogP contribution in [0.4, 0.5) is 0 Å². The van der Waals surface area contributed by atoms with Gasteiger partial charge in [-0.05, 0) is 83.8 Å². The average Bonchev–Trinajstić information content (AvgIpc) is 3.85. The minimum absolute atomic E-state index is 0.294. The van der Waals surface area contributed by atoms with Gasteiger partial charge in [-0.1, -0.05) is 129 Å². The molecule has 0 saturated heterocycles. The van der Waals surface area contributed by atoms with Gasteiger partial charge in [0, 0.05) is 54.9 Å². The summed E-state index contributed by atoms with van der Waals surface area (Å²) in [6.45, 7) is 6.84. The van der Waals surface area contributed by atoms with Crippen molar-refractivity contribution in [2.75, 3.05) is 0 Å². The molecule has 1 aliphatic carbocycles. The van der Waals surface area contributed by atoms with Crippen molar-refractivity contribution in [2.45, 2.75) is 26.2 Å². The molecule has 0 spiro atoms. The summed E-state index contributed by atoms with van der Waals surface area (Å²) >= 11 is 0.